The first kappa shape index (κ1) is 9.57. The highest BCUT2D eigenvalue weighted by atomic mass is 16.7. The van der Waals surface area contributed by atoms with Crippen LogP contribution in [0.3, 0.4) is 0 Å². The van der Waals surface area contributed by atoms with Crippen molar-refractivity contribution >= 4 is 5.52 Å². The summed E-state index contributed by atoms with van der Waals surface area (Å²) in [5.41, 5.74) is 1.35. The second kappa shape index (κ2) is 3.73. The Morgan fingerprint density at radius 2 is 1.94 bits per heavy atom. The molecule has 1 aliphatic heterocycles. The largest absolute Gasteiger partial charge is 0.346 e. The van der Waals surface area contributed by atoms with E-state index in [1.54, 1.807) is 16.7 Å². The molecule has 16 heavy (non-hydrogen) atoms. The predicted octanol–water partition coefficient (Wildman–Crippen LogP) is 1.34. The van der Waals surface area contributed by atoms with Gasteiger partial charge in [-0.05, 0) is 24.3 Å². The molecule has 0 amide bonds. The summed E-state index contributed by atoms with van der Waals surface area (Å²) in [5.74, 6) is 0. The molecule has 1 aliphatic rings. The van der Waals surface area contributed by atoms with Crippen LogP contribution in [0.5, 0.6) is 0 Å². The van der Waals surface area contributed by atoms with Crippen LogP contribution in [0, 0.1) is 0 Å². The first-order valence-corrected chi connectivity index (χ1v) is 5.20. The van der Waals surface area contributed by atoms with Crippen LogP contribution in [-0.2, 0) is 9.47 Å². The first-order valence-electron chi connectivity index (χ1n) is 5.20. The van der Waals surface area contributed by atoms with Gasteiger partial charge in [0.25, 0.3) is 5.56 Å². The summed E-state index contributed by atoms with van der Waals surface area (Å²) in [6.45, 7) is 1.09. The normalized spacial score (nSPS) is 17.0. The van der Waals surface area contributed by atoms with Gasteiger partial charge in [0, 0.05) is 11.7 Å². The second-order valence-corrected chi connectivity index (χ2v) is 3.66. The topological polar surface area (TPSA) is 39.9 Å². The van der Waals surface area contributed by atoms with Crippen LogP contribution in [0.4, 0.5) is 0 Å². The van der Waals surface area contributed by atoms with Gasteiger partial charge in [-0.15, -0.1) is 0 Å². The van der Waals surface area contributed by atoms with E-state index in [0.29, 0.717) is 18.8 Å². The summed E-state index contributed by atoms with van der Waals surface area (Å²) in [6, 6.07) is 9.28. The van der Waals surface area contributed by atoms with E-state index in [2.05, 4.69) is 0 Å². The molecule has 0 atom stereocenters. The molecule has 4 heteroatoms. The number of hydrogen-bond donors (Lipinski definition) is 0. The number of hydrogen-bond acceptors (Lipinski definition) is 3. The molecule has 0 unspecified atom stereocenters. The van der Waals surface area contributed by atoms with Gasteiger partial charge in [-0.3, -0.25) is 9.20 Å². The maximum Gasteiger partial charge on any atom is 0.263 e. The van der Waals surface area contributed by atoms with Crippen molar-refractivity contribution in [2.24, 2.45) is 0 Å². The fourth-order valence-corrected chi connectivity index (χ4v) is 1.88. The van der Waals surface area contributed by atoms with E-state index in [1.165, 1.54) is 0 Å². The molecule has 3 heterocycles. The zero-order chi connectivity index (χ0) is 11.0. The summed E-state index contributed by atoms with van der Waals surface area (Å²) in [5, 5.41) is 0. The van der Waals surface area contributed by atoms with E-state index in [4.69, 9.17) is 9.47 Å². The molecule has 4 nitrogen and oxygen atoms in total. The molecule has 0 N–H and O–H groups in total. The molecule has 82 valence electrons. The van der Waals surface area contributed by atoms with Crippen molar-refractivity contribution < 1.29 is 9.47 Å². The van der Waals surface area contributed by atoms with Gasteiger partial charge < -0.3 is 9.47 Å². The summed E-state index contributed by atoms with van der Waals surface area (Å²) in [7, 11) is 0. The first-order chi connectivity index (χ1) is 7.86. The summed E-state index contributed by atoms with van der Waals surface area (Å²) >= 11 is 0. The van der Waals surface area contributed by atoms with Gasteiger partial charge >= 0.3 is 0 Å². The Hall–Kier alpha value is -1.65. The quantitative estimate of drug-likeness (QED) is 0.723. The SMILES string of the molecule is O=c1c(C2OCCO2)ccc2ccccn12. The molecule has 0 aliphatic carbocycles. The zero-order valence-electron chi connectivity index (χ0n) is 8.63. The molecule has 2 aromatic rings. The maximum absolute atomic E-state index is 12.1. The molecule has 0 spiro atoms. The van der Waals surface area contributed by atoms with Crippen molar-refractivity contribution in [3.05, 3.63) is 52.4 Å². The smallest absolute Gasteiger partial charge is 0.263 e. The van der Waals surface area contributed by atoms with Crippen LogP contribution < -0.4 is 5.56 Å². The minimum atomic E-state index is -0.510. The average molecular weight is 217 g/mol. The Balaban J connectivity index is 2.19. The van der Waals surface area contributed by atoms with Gasteiger partial charge in [-0.2, -0.15) is 0 Å². The Kier molecular flexibility index (Phi) is 2.23. The van der Waals surface area contributed by atoms with Crippen molar-refractivity contribution in [2.75, 3.05) is 13.2 Å². The lowest BCUT2D eigenvalue weighted by molar-refractivity contribution is -0.0451. The highest BCUT2D eigenvalue weighted by molar-refractivity contribution is 5.47. The van der Waals surface area contributed by atoms with Crippen molar-refractivity contribution in [3.8, 4) is 0 Å². The molecule has 1 fully saturated rings. The zero-order valence-corrected chi connectivity index (χ0v) is 8.63. The van der Waals surface area contributed by atoms with Gasteiger partial charge in [0.1, 0.15) is 0 Å². The van der Waals surface area contributed by atoms with Gasteiger partial charge in [-0.25, -0.2) is 0 Å². The van der Waals surface area contributed by atoms with Crippen molar-refractivity contribution in [2.45, 2.75) is 6.29 Å². The third kappa shape index (κ3) is 1.43. The Bertz CT molecular complexity index is 570. The van der Waals surface area contributed by atoms with Crippen molar-refractivity contribution in [1.82, 2.24) is 4.40 Å². The monoisotopic (exact) mass is 217 g/mol. The minimum Gasteiger partial charge on any atom is -0.346 e. The van der Waals surface area contributed by atoms with E-state index in [0.717, 1.165) is 5.52 Å². The lowest BCUT2D eigenvalue weighted by atomic mass is 10.2. The summed E-state index contributed by atoms with van der Waals surface area (Å²) in [4.78, 5) is 12.1. The maximum atomic E-state index is 12.1. The molecular formula is C12H11NO3. The third-order valence-corrected chi connectivity index (χ3v) is 2.67. The van der Waals surface area contributed by atoms with Gasteiger partial charge in [0.2, 0.25) is 0 Å². The van der Waals surface area contributed by atoms with E-state index in [-0.39, 0.29) is 5.56 Å². The molecule has 0 aromatic carbocycles. The summed E-state index contributed by atoms with van der Waals surface area (Å²) < 4.78 is 12.3. The molecule has 1 saturated heterocycles. The van der Waals surface area contributed by atoms with Crippen LogP contribution in [0.25, 0.3) is 5.52 Å². The molecule has 0 bridgehead atoms. The second-order valence-electron chi connectivity index (χ2n) is 3.66. The van der Waals surface area contributed by atoms with Crippen LogP contribution in [0.2, 0.25) is 0 Å². The highest BCUT2D eigenvalue weighted by Gasteiger charge is 2.21. The number of nitrogens with zero attached hydrogens (tertiary/aromatic N) is 1. The van der Waals surface area contributed by atoms with Crippen molar-refractivity contribution in [3.63, 3.8) is 0 Å². The highest BCUT2D eigenvalue weighted by Crippen LogP contribution is 2.20. The average Bonchev–Trinajstić information content (AvgIpc) is 2.83. The third-order valence-electron chi connectivity index (χ3n) is 2.67. The standard InChI is InChI=1S/C12H11NO3/c14-11-10(12-15-7-8-16-12)5-4-9-3-1-2-6-13(9)11/h1-6,12H,7-8H2. The van der Waals surface area contributed by atoms with Crippen LogP contribution >= 0.6 is 0 Å². The molecule has 0 saturated carbocycles. The Morgan fingerprint density at radius 1 is 1.12 bits per heavy atom. The fourth-order valence-electron chi connectivity index (χ4n) is 1.88. The molecule has 2 aromatic heterocycles. The van der Waals surface area contributed by atoms with E-state index in [1.807, 2.05) is 24.3 Å². The lowest BCUT2D eigenvalue weighted by Crippen LogP contribution is -2.20. The number of fused-ring (bicyclic) bond motifs is 1. The number of pyridine rings is 2. The van der Waals surface area contributed by atoms with Gasteiger partial charge in [-0.1, -0.05) is 6.07 Å². The van der Waals surface area contributed by atoms with Gasteiger partial charge in [0.15, 0.2) is 6.29 Å². The molecule has 0 radical (unpaired) electrons. The Labute approximate surface area is 92.0 Å². The van der Waals surface area contributed by atoms with E-state index in [9.17, 15) is 4.79 Å². The van der Waals surface area contributed by atoms with E-state index < -0.39 is 6.29 Å². The van der Waals surface area contributed by atoms with Crippen LogP contribution in [0.1, 0.15) is 11.9 Å². The van der Waals surface area contributed by atoms with Crippen LogP contribution in [0.15, 0.2) is 41.3 Å². The lowest BCUT2D eigenvalue weighted by Gasteiger charge is -2.09. The fraction of sp³-hybridized carbons (Fsp3) is 0.250. The van der Waals surface area contributed by atoms with Gasteiger partial charge in [0.05, 0.1) is 18.8 Å². The number of rotatable bonds is 1. The molecule has 3 rings (SSSR count). The minimum absolute atomic E-state index is 0.0787. The Morgan fingerprint density at radius 3 is 2.75 bits per heavy atom. The number of aromatic nitrogens is 1. The van der Waals surface area contributed by atoms with Crippen molar-refractivity contribution in [1.29, 1.82) is 0 Å². The number of ether oxygens (including phenoxy) is 2. The van der Waals surface area contributed by atoms with Crippen LogP contribution in [-0.4, -0.2) is 17.6 Å². The predicted molar refractivity (Wildman–Crippen MR) is 58.3 cm³/mol. The summed E-state index contributed by atoms with van der Waals surface area (Å²) in [6.07, 6.45) is 1.24. The van der Waals surface area contributed by atoms with E-state index >= 15 is 0 Å². The molecular weight excluding hydrogens is 206 g/mol.